The average Bonchev–Trinajstić information content (AvgIpc) is 2.92. The molecule has 0 aromatic heterocycles. The van der Waals surface area contributed by atoms with Crippen molar-refractivity contribution < 1.29 is 14.2 Å². The number of ether oxygens (including phenoxy) is 1. The number of likely N-dealkylation sites (tertiary alicyclic amines) is 1. The second kappa shape index (κ2) is 9.92. The van der Waals surface area contributed by atoms with Crippen LogP contribution in [0.25, 0.3) is 0 Å². The average molecular weight is 437 g/mol. The van der Waals surface area contributed by atoms with Crippen molar-refractivity contribution in [1.29, 1.82) is 0 Å². The van der Waals surface area contributed by atoms with Crippen LogP contribution in [0.15, 0.2) is 29.3 Å². The van der Waals surface area contributed by atoms with E-state index in [1.165, 1.54) is 6.07 Å². The van der Waals surface area contributed by atoms with Gasteiger partial charge in [0.15, 0.2) is 17.5 Å². The zero-order valence-electron chi connectivity index (χ0n) is 13.5. The van der Waals surface area contributed by atoms with Crippen molar-refractivity contribution in [1.82, 2.24) is 10.2 Å². The van der Waals surface area contributed by atoms with Gasteiger partial charge in [0.25, 0.3) is 0 Å². The largest absolute Gasteiger partial charge is 0.486 e. The second-order valence-electron chi connectivity index (χ2n) is 5.44. The molecule has 7 heteroatoms. The maximum Gasteiger partial charge on any atom is 0.194 e. The second-order valence-corrected chi connectivity index (χ2v) is 5.44. The van der Waals surface area contributed by atoms with Gasteiger partial charge in [-0.25, -0.2) is 9.38 Å². The van der Waals surface area contributed by atoms with E-state index in [1.807, 2.05) is 18.7 Å². The number of aliphatic hydroxyl groups is 1. The van der Waals surface area contributed by atoms with Gasteiger partial charge in [0.2, 0.25) is 0 Å². The highest BCUT2D eigenvalue weighted by Gasteiger charge is 2.23. The van der Waals surface area contributed by atoms with Gasteiger partial charge in [0, 0.05) is 19.6 Å². The first kappa shape index (κ1) is 20.0. The summed E-state index contributed by atoms with van der Waals surface area (Å²) < 4.78 is 19.1. The van der Waals surface area contributed by atoms with Gasteiger partial charge >= 0.3 is 0 Å². The molecule has 2 N–H and O–H groups in total. The van der Waals surface area contributed by atoms with E-state index in [4.69, 9.17) is 4.74 Å². The molecule has 1 unspecified atom stereocenters. The normalized spacial score (nSPS) is 19.2. The SMILES string of the molecule is CCNC(=NCC(C)Oc1ccccc1F)N1CC[C@@H](O)C1.I. The predicted molar refractivity (Wildman–Crippen MR) is 100 cm³/mol. The molecule has 0 amide bonds. The number of β-amino-alcohol motifs (C(OH)–C–C–N with tert-alkyl or cyclic N) is 1. The fourth-order valence-corrected chi connectivity index (χ4v) is 2.37. The molecule has 1 aromatic rings. The maximum absolute atomic E-state index is 13.5. The fourth-order valence-electron chi connectivity index (χ4n) is 2.37. The standard InChI is InChI=1S/C16H24FN3O2.HI/c1-3-18-16(20-9-8-13(21)11-20)19-10-12(2)22-15-7-5-4-6-14(15)17;/h4-7,12-13,21H,3,8-11H2,1-2H3,(H,18,19);1H/t12?,13-;/m1./s1. The van der Waals surface area contributed by atoms with E-state index in [0.29, 0.717) is 13.1 Å². The minimum Gasteiger partial charge on any atom is -0.486 e. The number of nitrogens with zero attached hydrogens (tertiary/aromatic N) is 2. The first-order chi connectivity index (χ1) is 10.6. The number of benzene rings is 1. The van der Waals surface area contributed by atoms with Gasteiger partial charge in [0.1, 0.15) is 6.10 Å². The number of halogens is 2. The van der Waals surface area contributed by atoms with Gasteiger partial charge in [0.05, 0.1) is 12.6 Å². The number of hydrogen-bond donors (Lipinski definition) is 2. The first-order valence-electron chi connectivity index (χ1n) is 7.72. The molecule has 1 aliphatic rings. The molecule has 0 spiro atoms. The number of hydrogen-bond acceptors (Lipinski definition) is 3. The molecule has 2 atom stereocenters. The number of para-hydroxylation sites is 1. The lowest BCUT2D eigenvalue weighted by Gasteiger charge is -2.22. The Hall–Kier alpha value is -1.09. The van der Waals surface area contributed by atoms with Crippen LogP contribution in [0.4, 0.5) is 4.39 Å². The highest BCUT2D eigenvalue weighted by molar-refractivity contribution is 14.0. The van der Waals surface area contributed by atoms with E-state index < -0.39 is 0 Å². The lowest BCUT2D eigenvalue weighted by atomic mass is 10.3. The molecule has 0 aliphatic carbocycles. The van der Waals surface area contributed by atoms with Crippen molar-refractivity contribution in [2.45, 2.75) is 32.5 Å². The molecule has 1 fully saturated rings. The van der Waals surface area contributed by atoms with Crippen LogP contribution in [-0.4, -0.2) is 54.4 Å². The quantitative estimate of drug-likeness (QED) is 0.422. The summed E-state index contributed by atoms with van der Waals surface area (Å²) in [5, 5.41) is 12.8. The Morgan fingerprint density at radius 3 is 2.87 bits per heavy atom. The smallest absolute Gasteiger partial charge is 0.194 e. The van der Waals surface area contributed by atoms with E-state index >= 15 is 0 Å². The van der Waals surface area contributed by atoms with Crippen molar-refractivity contribution >= 4 is 29.9 Å². The third-order valence-electron chi connectivity index (χ3n) is 3.46. The van der Waals surface area contributed by atoms with Gasteiger partial charge in [-0.2, -0.15) is 0 Å². The molecule has 1 aromatic carbocycles. The number of aliphatic hydroxyl groups excluding tert-OH is 1. The summed E-state index contributed by atoms with van der Waals surface area (Å²) in [5.74, 6) is 0.641. The summed E-state index contributed by atoms with van der Waals surface area (Å²) in [6.45, 7) is 6.42. The molecule has 0 saturated carbocycles. The molecule has 2 rings (SSSR count). The van der Waals surface area contributed by atoms with Crippen LogP contribution in [0.3, 0.4) is 0 Å². The van der Waals surface area contributed by atoms with Crippen molar-refractivity contribution in [3.63, 3.8) is 0 Å². The fraction of sp³-hybridized carbons (Fsp3) is 0.562. The summed E-state index contributed by atoms with van der Waals surface area (Å²) >= 11 is 0. The number of guanidine groups is 1. The highest BCUT2D eigenvalue weighted by Crippen LogP contribution is 2.17. The molecule has 0 radical (unpaired) electrons. The van der Waals surface area contributed by atoms with Gasteiger partial charge in [-0.1, -0.05) is 12.1 Å². The molecule has 1 heterocycles. The van der Waals surface area contributed by atoms with E-state index in [2.05, 4.69) is 10.3 Å². The van der Waals surface area contributed by atoms with E-state index in [9.17, 15) is 9.50 Å². The van der Waals surface area contributed by atoms with Crippen molar-refractivity contribution in [3.8, 4) is 5.75 Å². The summed E-state index contributed by atoms with van der Waals surface area (Å²) in [6.07, 6.45) is 0.222. The molecule has 130 valence electrons. The van der Waals surface area contributed by atoms with Crippen molar-refractivity contribution in [2.24, 2.45) is 4.99 Å². The van der Waals surface area contributed by atoms with Crippen LogP contribution >= 0.6 is 24.0 Å². The molecule has 1 saturated heterocycles. The van der Waals surface area contributed by atoms with Crippen LogP contribution in [0.5, 0.6) is 5.75 Å². The number of nitrogens with one attached hydrogen (secondary N) is 1. The van der Waals surface area contributed by atoms with Crippen LogP contribution in [0, 0.1) is 5.82 Å². The van der Waals surface area contributed by atoms with Gasteiger partial charge in [-0.05, 0) is 32.4 Å². The lowest BCUT2D eigenvalue weighted by molar-refractivity contribution is 0.187. The molecular formula is C16H25FIN3O2. The number of rotatable bonds is 5. The zero-order valence-corrected chi connectivity index (χ0v) is 15.9. The summed E-state index contributed by atoms with van der Waals surface area (Å²) in [7, 11) is 0. The Morgan fingerprint density at radius 2 is 2.26 bits per heavy atom. The van der Waals surface area contributed by atoms with Gasteiger partial charge in [-0.3, -0.25) is 0 Å². The Bertz CT molecular complexity index is 516. The van der Waals surface area contributed by atoms with Crippen LogP contribution in [0.1, 0.15) is 20.3 Å². The predicted octanol–water partition coefficient (Wildman–Crippen LogP) is 2.24. The molecule has 5 nitrogen and oxygen atoms in total. The summed E-state index contributed by atoms with van der Waals surface area (Å²) in [4.78, 5) is 6.56. The Labute approximate surface area is 153 Å². The number of aliphatic imine (C=N–C) groups is 1. The van der Waals surface area contributed by atoms with E-state index in [-0.39, 0.29) is 47.8 Å². The third kappa shape index (κ3) is 6.14. The van der Waals surface area contributed by atoms with Gasteiger partial charge in [-0.15, -0.1) is 24.0 Å². The summed E-state index contributed by atoms with van der Waals surface area (Å²) in [5.41, 5.74) is 0. The van der Waals surface area contributed by atoms with Gasteiger partial charge < -0.3 is 20.1 Å². The molecule has 0 bridgehead atoms. The topological polar surface area (TPSA) is 57.1 Å². The van der Waals surface area contributed by atoms with Crippen LogP contribution in [-0.2, 0) is 0 Å². The van der Waals surface area contributed by atoms with Crippen LogP contribution < -0.4 is 10.1 Å². The Kier molecular flexibility index (Phi) is 8.60. The van der Waals surface area contributed by atoms with E-state index in [0.717, 1.165) is 25.5 Å². The summed E-state index contributed by atoms with van der Waals surface area (Å²) in [6, 6.07) is 6.36. The Balaban J connectivity index is 0.00000264. The van der Waals surface area contributed by atoms with Crippen LogP contribution in [0.2, 0.25) is 0 Å². The maximum atomic E-state index is 13.5. The highest BCUT2D eigenvalue weighted by atomic mass is 127. The van der Waals surface area contributed by atoms with E-state index in [1.54, 1.807) is 18.2 Å². The third-order valence-corrected chi connectivity index (χ3v) is 3.46. The minimum atomic E-state index is -0.368. The zero-order chi connectivity index (χ0) is 15.9. The molecule has 1 aliphatic heterocycles. The minimum absolute atomic E-state index is 0. The lowest BCUT2D eigenvalue weighted by Crippen LogP contribution is -2.41. The molecule has 23 heavy (non-hydrogen) atoms. The van der Waals surface area contributed by atoms with Crippen molar-refractivity contribution in [2.75, 3.05) is 26.2 Å². The first-order valence-corrected chi connectivity index (χ1v) is 7.72. The molecular weight excluding hydrogens is 412 g/mol. The van der Waals surface area contributed by atoms with Crippen molar-refractivity contribution in [3.05, 3.63) is 30.1 Å². The monoisotopic (exact) mass is 437 g/mol. The Morgan fingerprint density at radius 1 is 1.52 bits per heavy atom.